The van der Waals surface area contributed by atoms with Crippen molar-refractivity contribution >= 4 is 49.1 Å². The third-order valence-corrected chi connectivity index (χ3v) is 7.55. The molecule has 1 amide bonds. The van der Waals surface area contributed by atoms with Gasteiger partial charge in [-0.2, -0.15) is 4.31 Å². The number of halogens is 2. The Hall–Kier alpha value is -1.41. The SMILES string of the molecule is Cc1c(Cl)cccc1NC(=O)[C@@H]1CCCN(S(=O)(=O)c2ccc(Br)cc2)C1. The molecule has 0 unspecified atom stereocenters. The van der Waals surface area contributed by atoms with Gasteiger partial charge in [0, 0.05) is 28.3 Å². The maximum Gasteiger partial charge on any atom is 0.243 e. The normalized spacial score (nSPS) is 18.3. The zero-order valence-corrected chi connectivity index (χ0v) is 17.9. The molecule has 0 spiro atoms. The second-order valence-electron chi connectivity index (χ2n) is 6.56. The van der Waals surface area contributed by atoms with Gasteiger partial charge in [-0.25, -0.2) is 8.42 Å². The number of benzene rings is 2. The van der Waals surface area contributed by atoms with Crippen LogP contribution in [0, 0.1) is 12.8 Å². The summed E-state index contributed by atoms with van der Waals surface area (Å²) in [6.45, 7) is 2.42. The molecule has 0 aromatic heterocycles. The average Bonchev–Trinajstić information content (AvgIpc) is 2.66. The maximum atomic E-state index is 12.9. The van der Waals surface area contributed by atoms with Crippen LogP contribution < -0.4 is 5.32 Å². The van der Waals surface area contributed by atoms with Gasteiger partial charge in [-0.3, -0.25) is 4.79 Å². The van der Waals surface area contributed by atoms with Crippen LogP contribution >= 0.6 is 27.5 Å². The molecule has 1 N–H and O–H groups in total. The second-order valence-corrected chi connectivity index (χ2v) is 9.82. The summed E-state index contributed by atoms with van der Waals surface area (Å²) < 4.78 is 28.0. The monoisotopic (exact) mass is 470 g/mol. The first-order valence-corrected chi connectivity index (χ1v) is 11.2. The predicted octanol–water partition coefficient (Wildman–Crippen LogP) is 4.45. The number of amides is 1. The van der Waals surface area contributed by atoms with E-state index in [0.29, 0.717) is 30.1 Å². The number of carbonyl (C=O) groups is 1. The highest BCUT2D eigenvalue weighted by molar-refractivity contribution is 9.10. The molecule has 144 valence electrons. The van der Waals surface area contributed by atoms with E-state index < -0.39 is 15.9 Å². The molecule has 1 aliphatic rings. The summed E-state index contributed by atoms with van der Waals surface area (Å²) in [4.78, 5) is 12.9. The van der Waals surface area contributed by atoms with Crippen LogP contribution in [-0.4, -0.2) is 31.7 Å². The first-order valence-electron chi connectivity index (χ1n) is 8.61. The lowest BCUT2D eigenvalue weighted by Gasteiger charge is -2.31. The van der Waals surface area contributed by atoms with E-state index in [4.69, 9.17) is 11.6 Å². The van der Waals surface area contributed by atoms with Gasteiger partial charge in [-0.1, -0.05) is 33.6 Å². The van der Waals surface area contributed by atoms with Crippen LogP contribution in [-0.2, 0) is 14.8 Å². The molecule has 0 aliphatic carbocycles. The van der Waals surface area contributed by atoms with Crippen molar-refractivity contribution in [1.29, 1.82) is 0 Å². The third kappa shape index (κ3) is 4.54. The van der Waals surface area contributed by atoms with Gasteiger partial charge in [0.1, 0.15) is 0 Å². The van der Waals surface area contributed by atoms with Crippen LogP contribution in [0.3, 0.4) is 0 Å². The molecular weight excluding hydrogens is 452 g/mol. The summed E-state index contributed by atoms with van der Waals surface area (Å²) in [5.41, 5.74) is 1.45. The Morgan fingerprint density at radius 1 is 1.22 bits per heavy atom. The first-order chi connectivity index (χ1) is 12.8. The minimum atomic E-state index is -3.62. The molecule has 3 rings (SSSR count). The number of hydrogen-bond donors (Lipinski definition) is 1. The number of anilines is 1. The predicted molar refractivity (Wildman–Crippen MR) is 110 cm³/mol. The Labute approximate surface area is 172 Å². The molecule has 5 nitrogen and oxygen atoms in total. The van der Waals surface area contributed by atoms with Crippen molar-refractivity contribution in [2.75, 3.05) is 18.4 Å². The van der Waals surface area contributed by atoms with Crippen molar-refractivity contribution in [2.45, 2.75) is 24.7 Å². The number of rotatable bonds is 4. The van der Waals surface area contributed by atoms with Crippen molar-refractivity contribution < 1.29 is 13.2 Å². The number of piperidine rings is 1. The lowest BCUT2D eigenvalue weighted by molar-refractivity contribution is -0.120. The number of hydrogen-bond acceptors (Lipinski definition) is 3. The van der Waals surface area contributed by atoms with Crippen LogP contribution in [0.1, 0.15) is 18.4 Å². The zero-order valence-electron chi connectivity index (χ0n) is 14.8. The van der Waals surface area contributed by atoms with Gasteiger partial charge in [-0.05, 0) is 61.7 Å². The van der Waals surface area contributed by atoms with Crippen LogP contribution in [0.2, 0.25) is 5.02 Å². The fourth-order valence-electron chi connectivity index (χ4n) is 3.11. The fourth-order valence-corrected chi connectivity index (χ4v) is 5.07. The van der Waals surface area contributed by atoms with Gasteiger partial charge in [0.15, 0.2) is 0 Å². The quantitative estimate of drug-likeness (QED) is 0.716. The Bertz CT molecular complexity index is 948. The highest BCUT2D eigenvalue weighted by atomic mass is 79.9. The van der Waals surface area contributed by atoms with Gasteiger partial charge in [-0.15, -0.1) is 0 Å². The lowest BCUT2D eigenvalue weighted by atomic mass is 9.98. The average molecular weight is 472 g/mol. The van der Waals surface area contributed by atoms with E-state index in [1.807, 2.05) is 6.92 Å². The van der Waals surface area contributed by atoms with E-state index in [-0.39, 0.29) is 17.3 Å². The number of nitrogens with zero attached hydrogens (tertiary/aromatic N) is 1. The summed E-state index contributed by atoms with van der Waals surface area (Å²) >= 11 is 9.41. The largest absolute Gasteiger partial charge is 0.326 e. The molecule has 1 saturated heterocycles. The number of sulfonamides is 1. The van der Waals surface area contributed by atoms with E-state index in [2.05, 4.69) is 21.2 Å². The molecule has 2 aromatic carbocycles. The summed E-state index contributed by atoms with van der Waals surface area (Å²) in [6, 6.07) is 11.9. The van der Waals surface area contributed by atoms with Gasteiger partial charge < -0.3 is 5.32 Å². The summed E-state index contributed by atoms with van der Waals surface area (Å²) in [6.07, 6.45) is 1.29. The van der Waals surface area contributed by atoms with E-state index in [1.165, 1.54) is 4.31 Å². The Morgan fingerprint density at radius 2 is 1.93 bits per heavy atom. The lowest BCUT2D eigenvalue weighted by Crippen LogP contribution is -2.43. The third-order valence-electron chi connectivity index (χ3n) is 4.73. The molecule has 1 atom stereocenters. The van der Waals surface area contributed by atoms with Crippen molar-refractivity contribution in [2.24, 2.45) is 5.92 Å². The van der Waals surface area contributed by atoms with Crippen molar-refractivity contribution in [3.63, 3.8) is 0 Å². The molecular formula is C19H20BrClN2O3S. The van der Waals surface area contributed by atoms with Crippen molar-refractivity contribution in [1.82, 2.24) is 4.31 Å². The van der Waals surface area contributed by atoms with Crippen LogP contribution in [0.25, 0.3) is 0 Å². The molecule has 1 heterocycles. The highest BCUT2D eigenvalue weighted by Crippen LogP contribution is 2.27. The molecule has 0 saturated carbocycles. The smallest absolute Gasteiger partial charge is 0.243 e. The standard InChI is InChI=1S/C19H20BrClN2O3S/c1-13-17(21)5-2-6-18(13)22-19(24)14-4-3-11-23(12-14)27(25,26)16-9-7-15(20)8-10-16/h2,5-10,14H,3-4,11-12H2,1H3,(H,22,24)/t14-/m1/s1. The summed E-state index contributed by atoms with van der Waals surface area (Å²) in [5.74, 6) is -0.585. The molecule has 8 heteroatoms. The molecule has 1 aliphatic heterocycles. The molecule has 27 heavy (non-hydrogen) atoms. The van der Waals surface area contributed by atoms with Crippen molar-refractivity contribution in [3.8, 4) is 0 Å². The van der Waals surface area contributed by atoms with Crippen LogP contribution in [0.5, 0.6) is 0 Å². The van der Waals surface area contributed by atoms with Gasteiger partial charge in [0.25, 0.3) is 0 Å². The minimum absolute atomic E-state index is 0.170. The molecule has 1 fully saturated rings. The fraction of sp³-hybridized carbons (Fsp3) is 0.316. The molecule has 0 radical (unpaired) electrons. The Balaban J connectivity index is 1.74. The van der Waals surface area contributed by atoms with E-state index in [1.54, 1.807) is 42.5 Å². The van der Waals surface area contributed by atoms with Gasteiger partial charge in [0.05, 0.1) is 10.8 Å². The minimum Gasteiger partial charge on any atom is -0.326 e. The Kier molecular flexibility index (Phi) is 6.25. The highest BCUT2D eigenvalue weighted by Gasteiger charge is 2.33. The van der Waals surface area contributed by atoms with Crippen LogP contribution in [0.15, 0.2) is 51.8 Å². The number of nitrogens with one attached hydrogen (secondary N) is 1. The van der Waals surface area contributed by atoms with E-state index >= 15 is 0 Å². The number of carbonyl (C=O) groups excluding carboxylic acids is 1. The van der Waals surface area contributed by atoms with Crippen molar-refractivity contribution in [3.05, 3.63) is 57.5 Å². The van der Waals surface area contributed by atoms with E-state index in [9.17, 15) is 13.2 Å². The zero-order chi connectivity index (χ0) is 19.6. The molecule has 0 bridgehead atoms. The first kappa shape index (κ1) is 20.3. The second kappa shape index (κ2) is 8.31. The maximum absolute atomic E-state index is 12.9. The van der Waals surface area contributed by atoms with Gasteiger partial charge >= 0.3 is 0 Å². The Morgan fingerprint density at radius 3 is 2.63 bits per heavy atom. The summed E-state index contributed by atoms with van der Waals surface area (Å²) in [5, 5.41) is 3.47. The topological polar surface area (TPSA) is 66.5 Å². The van der Waals surface area contributed by atoms with E-state index in [0.717, 1.165) is 10.0 Å². The van der Waals surface area contributed by atoms with Gasteiger partial charge in [0.2, 0.25) is 15.9 Å². The van der Waals surface area contributed by atoms with Crippen LogP contribution in [0.4, 0.5) is 5.69 Å². The summed E-state index contributed by atoms with van der Waals surface area (Å²) in [7, 11) is -3.62. The molecule has 2 aromatic rings.